The van der Waals surface area contributed by atoms with E-state index in [0.717, 1.165) is 38.1 Å². The monoisotopic (exact) mass is 464 g/mol. The van der Waals surface area contributed by atoms with E-state index in [1.807, 2.05) is 7.05 Å². The number of hydrogen-bond donors (Lipinski definition) is 2. The minimum Gasteiger partial charge on any atom is -0.378 e. The van der Waals surface area contributed by atoms with E-state index in [4.69, 9.17) is 4.74 Å². The van der Waals surface area contributed by atoms with Crippen LogP contribution >= 0.6 is 24.0 Å². The zero-order valence-corrected chi connectivity index (χ0v) is 18.6. The minimum absolute atomic E-state index is 0. The maximum atomic E-state index is 5.94. The molecule has 0 aromatic carbocycles. The van der Waals surface area contributed by atoms with Gasteiger partial charge >= 0.3 is 0 Å². The number of ether oxygens (including phenoxy) is 1. The Morgan fingerprint density at radius 1 is 1.24 bits per heavy atom. The highest BCUT2D eigenvalue weighted by molar-refractivity contribution is 14.0. The summed E-state index contributed by atoms with van der Waals surface area (Å²) in [5, 5.41) is 7.18. The van der Waals surface area contributed by atoms with Crippen LogP contribution in [0.15, 0.2) is 4.99 Å². The summed E-state index contributed by atoms with van der Waals surface area (Å²) in [4.78, 5) is 6.94. The summed E-state index contributed by atoms with van der Waals surface area (Å²) in [5.74, 6) is 0.959. The van der Waals surface area contributed by atoms with Gasteiger partial charge in [0.05, 0.1) is 6.10 Å². The van der Waals surface area contributed by atoms with Crippen molar-refractivity contribution in [3.8, 4) is 0 Å². The van der Waals surface area contributed by atoms with Crippen LogP contribution in [0.5, 0.6) is 0 Å². The molecule has 0 radical (unpaired) electrons. The minimum atomic E-state index is 0. The average Bonchev–Trinajstić information content (AvgIpc) is 3.04. The van der Waals surface area contributed by atoms with E-state index in [1.165, 1.54) is 44.9 Å². The highest BCUT2D eigenvalue weighted by Gasteiger charge is 2.59. The quantitative estimate of drug-likeness (QED) is 0.346. The van der Waals surface area contributed by atoms with Crippen LogP contribution in [0.25, 0.3) is 0 Å². The molecule has 6 heteroatoms. The molecular formula is C19H37IN4O. The van der Waals surface area contributed by atoms with Gasteiger partial charge in [0.15, 0.2) is 5.96 Å². The first-order valence-corrected chi connectivity index (χ1v) is 9.98. The molecule has 2 unspecified atom stereocenters. The van der Waals surface area contributed by atoms with Crippen LogP contribution in [0.3, 0.4) is 0 Å². The molecule has 0 aliphatic heterocycles. The Labute approximate surface area is 170 Å². The van der Waals surface area contributed by atoms with E-state index >= 15 is 0 Å². The van der Waals surface area contributed by atoms with Gasteiger partial charge in [0, 0.05) is 44.2 Å². The molecule has 0 saturated heterocycles. The highest BCUT2D eigenvalue weighted by Crippen LogP contribution is 2.57. The van der Waals surface area contributed by atoms with Gasteiger partial charge in [-0.3, -0.25) is 4.99 Å². The van der Waals surface area contributed by atoms with Crippen molar-refractivity contribution in [3.63, 3.8) is 0 Å². The lowest BCUT2D eigenvalue weighted by Crippen LogP contribution is -2.68. The number of hydrogen-bond acceptors (Lipinski definition) is 3. The average molecular weight is 464 g/mol. The smallest absolute Gasteiger partial charge is 0.191 e. The van der Waals surface area contributed by atoms with Gasteiger partial charge in [-0.1, -0.05) is 19.3 Å². The number of rotatable bonds is 7. The molecule has 3 fully saturated rings. The van der Waals surface area contributed by atoms with E-state index in [-0.39, 0.29) is 24.0 Å². The Balaban J connectivity index is 0.00000225. The van der Waals surface area contributed by atoms with E-state index in [0.29, 0.717) is 17.6 Å². The third-order valence-electron chi connectivity index (χ3n) is 6.68. The molecule has 0 bridgehead atoms. The molecule has 25 heavy (non-hydrogen) atoms. The Morgan fingerprint density at radius 2 is 1.96 bits per heavy atom. The molecule has 3 saturated carbocycles. The maximum absolute atomic E-state index is 5.94. The van der Waals surface area contributed by atoms with Gasteiger partial charge in [-0.15, -0.1) is 24.0 Å². The zero-order chi connectivity index (χ0) is 17.0. The van der Waals surface area contributed by atoms with Gasteiger partial charge in [0.25, 0.3) is 0 Å². The van der Waals surface area contributed by atoms with Crippen LogP contribution in [0.4, 0.5) is 0 Å². The second kappa shape index (κ2) is 9.74. The van der Waals surface area contributed by atoms with Crippen LogP contribution < -0.4 is 10.6 Å². The van der Waals surface area contributed by atoms with Gasteiger partial charge in [0.1, 0.15) is 0 Å². The Morgan fingerprint density at radius 3 is 2.52 bits per heavy atom. The first-order valence-electron chi connectivity index (χ1n) is 9.98. The van der Waals surface area contributed by atoms with Crippen molar-refractivity contribution < 1.29 is 4.74 Å². The molecule has 3 aliphatic rings. The summed E-state index contributed by atoms with van der Waals surface area (Å²) in [5.41, 5.74) is 0.383. The van der Waals surface area contributed by atoms with Crippen molar-refractivity contribution in [2.75, 3.05) is 33.8 Å². The summed E-state index contributed by atoms with van der Waals surface area (Å²) in [6, 6.07) is 1.32. The van der Waals surface area contributed by atoms with Crippen LogP contribution in [-0.4, -0.2) is 62.8 Å². The standard InChI is InChI=1S/C19H36N4O.HI/c1-4-24-17-14-16(19(17)10-7-11-19)22-18(20-2)21-12-13-23(3)15-8-5-6-9-15;/h15-17H,4-14H2,1-3H3,(H2,20,21,22);1H. The third kappa shape index (κ3) is 4.61. The fourth-order valence-corrected chi connectivity index (χ4v) is 4.88. The normalized spacial score (nSPS) is 28.4. The summed E-state index contributed by atoms with van der Waals surface area (Å²) in [7, 11) is 4.14. The maximum Gasteiger partial charge on any atom is 0.191 e. The Kier molecular flexibility index (Phi) is 8.27. The van der Waals surface area contributed by atoms with Gasteiger partial charge in [0.2, 0.25) is 0 Å². The van der Waals surface area contributed by atoms with Gasteiger partial charge < -0.3 is 20.3 Å². The number of aliphatic imine (C=N–C) groups is 1. The largest absolute Gasteiger partial charge is 0.378 e. The second-order valence-corrected chi connectivity index (χ2v) is 7.88. The molecule has 5 nitrogen and oxygen atoms in total. The van der Waals surface area contributed by atoms with E-state index in [1.54, 1.807) is 0 Å². The van der Waals surface area contributed by atoms with Crippen molar-refractivity contribution in [1.82, 2.24) is 15.5 Å². The van der Waals surface area contributed by atoms with E-state index in [9.17, 15) is 0 Å². The van der Waals surface area contributed by atoms with E-state index in [2.05, 4.69) is 34.5 Å². The highest BCUT2D eigenvalue weighted by atomic mass is 127. The van der Waals surface area contributed by atoms with Gasteiger partial charge in [-0.2, -0.15) is 0 Å². The Bertz CT molecular complexity index is 435. The molecule has 146 valence electrons. The predicted molar refractivity (Wildman–Crippen MR) is 115 cm³/mol. The topological polar surface area (TPSA) is 48.9 Å². The molecule has 2 atom stereocenters. The molecule has 0 heterocycles. The Hall–Kier alpha value is -0.0800. The SMILES string of the molecule is CCOC1CC(NC(=NC)NCCN(C)C2CCCC2)C12CCC2.I. The molecular weight excluding hydrogens is 427 g/mol. The molecule has 0 aromatic heterocycles. The fraction of sp³-hybridized carbons (Fsp3) is 0.947. The second-order valence-electron chi connectivity index (χ2n) is 7.88. The van der Waals surface area contributed by atoms with Crippen LogP contribution in [0.1, 0.15) is 58.3 Å². The van der Waals surface area contributed by atoms with Crippen molar-refractivity contribution >= 4 is 29.9 Å². The van der Waals surface area contributed by atoms with Crippen molar-refractivity contribution in [3.05, 3.63) is 0 Å². The van der Waals surface area contributed by atoms with Crippen molar-refractivity contribution in [2.45, 2.75) is 76.5 Å². The molecule has 0 amide bonds. The zero-order valence-electron chi connectivity index (χ0n) is 16.2. The lowest BCUT2D eigenvalue weighted by atomic mass is 9.51. The summed E-state index contributed by atoms with van der Waals surface area (Å²) in [6.07, 6.45) is 11.1. The first-order chi connectivity index (χ1) is 11.7. The summed E-state index contributed by atoms with van der Waals surface area (Å²) < 4.78 is 5.94. The van der Waals surface area contributed by atoms with Gasteiger partial charge in [-0.05, 0) is 46.1 Å². The predicted octanol–water partition coefficient (Wildman–Crippen LogP) is 2.99. The number of halogens is 1. The number of nitrogens with one attached hydrogen (secondary N) is 2. The third-order valence-corrected chi connectivity index (χ3v) is 6.68. The molecule has 3 rings (SSSR count). The molecule has 3 aliphatic carbocycles. The summed E-state index contributed by atoms with van der Waals surface area (Å²) >= 11 is 0. The molecule has 1 spiro atoms. The van der Waals surface area contributed by atoms with E-state index < -0.39 is 0 Å². The van der Waals surface area contributed by atoms with Crippen LogP contribution in [0, 0.1) is 5.41 Å². The lowest BCUT2D eigenvalue weighted by Gasteiger charge is -2.61. The first kappa shape index (κ1) is 21.2. The number of guanidine groups is 1. The number of likely N-dealkylation sites (N-methyl/N-ethyl adjacent to an activating group) is 1. The van der Waals surface area contributed by atoms with Crippen LogP contribution in [-0.2, 0) is 4.74 Å². The molecule has 0 aromatic rings. The molecule has 2 N–H and O–H groups in total. The number of nitrogens with zero attached hydrogens (tertiary/aromatic N) is 2. The van der Waals surface area contributed by atoms with Crippen LogP contribution in [0.2, 0.25) is 0 Å². The fourth-order valence-electron chi connectivity index (χ4n) is 4.88. The summed E-state index contributed by atoms with van der Waals surface area (Å²) in [6.45, 7) is 4.98. The lowest BCUT2D eigenvalue weighted by molar-refractivity contribution is -0.168. The van der Waals surface area contributed by atoms with Crippen molar-refractivity contribution in [2.24, 2.45) is 10.4 Å². The van der Waals surface area contributed by atoms with Gasteiger partial charge in [-0.25, -0.2) is 0 Å². The van der Waals surface area contributed by atoms with Crippen molar-refractivity contribution in [1.29, 1.82) is 0 Å².